The highest BCUT2D eigenvalue weighted by Crippen LogP contribution is 2.35. The average Bonchev–Trinajstić information content (AvgIpc) is 2.39. The summed E-state index contributed by atoms with van der Waals surface area (Å²) in [5.41, 5.74) is 2.38. The lowest BCUT2D eigenvalue weighted by atomic mass is 9.83. The molecule has 0 spiro atoms. The first-order chi connectivity index (χ1) is 8.70. The van der Waals surface area contributed by atoms with Gasteiger partial charge in [-0.15, -0.1) is 0 Å². The van der Waals surface area contributed by atoms with Crippen LogP contribution in [-0.4, -0.2) is 0 Å². The fraction of sp³-hybridized carbons (Fsp3) is 0.375. The largest absolute Gasteiger partial charge is 0.212 e. The Bertz CT molecular complexity index is 454. The molecule has 1 atom stereocenters. The molecule has 0 fully saturated rings. The lowest BCUT2D eigenvalue weighted by molar-refractivity contribution is 0.562. The van der Waals surface area contributed by atoms with Crippen LogP contribution in [0.3, 0.4) is 0 Å². The van der Waals surface area contributed by atoms with Crippen molar-refractivity contribution >= 4 is 0 Å². The molecule has 0 saturated carbocycles. The topological polar surface area (TPSA) is 0 Å². The van der Waals surface area contributed by atoms with Gasteiger partial charge in [0, 0.05) is 12.3 Å². The first kappa shape index (κ1) is 13.0. The van der Waals surface area contributed by atoms with Crippen LogP contribution in [0.25, 0.3) is 0 Å². The summed E-state index contributed by atoms with van der Waals surface area (Å²) in [6.07, 6.45) is 6.80. The Hall–Kier alpha value is -1.44. The van der Waals surface area contributed by atoms with Crippen LogP contribution >= 0.6 is 0 Å². The minimum absolute atomic E-state index is 0.0481. The molecule has 0 amide bonds. The molecule has 0 N–H and O–H groups in total. The van der Waals surface area contributed by atoms with E-state index in [1.165, 1.54) is 17.7 Å². The Morgan fingerprint density at radius 1 is 1.06 bits per heavy atom. The summed E-state index contributed by atoms with van der Waals surface area (Å²) in [6.45, 7) is 2.14. The molecule has 1 aliphatic carbocycles. The molecule has 0 bridgehead atoms. The van der Waals surface area contributed by atoms with Gasteiger partial charge in [-0.1, -0.05) is 37.1 Å². The maximum atomic E-state index is 13.0. The molecular weight excluding hydrogens is 230 g/mol. The van der Waals surface area contributed by atoms with Gasteiger partial charge in [0.15, 0.2) is 0 Å². The van der Waals surface area contributed by atoms with Crippen LogP contribution in [0, 0.1) is 5.82 Å². The molecule has 1 aromatic rings. The molecule has 0 aromatic heterocycles. The van der Waals surface area contributed by atoms with Crippen LogP contribution in [0.15, 0.2) is 47.8 Å². The van der Waals surface area contributed by atoms with E-state index in [0.29, 0.717) is 12.3 Å². The molecule has 1 aromatic carbocycles. The average molecular weight is 248 g/mol. The normalized spacial score (nSPS) is 17.1. The summed E-state index contributed by atoms with van der Waals surface area (Å²) in [6, 6.07) is 6.67. The number of hydrogen-bond acceptors (Lipinski definition) is 0. The Morgan fingerprint density at radius 3 is 2.33 bits per heavy atom. The number of halogens is 2. The van der Waals surface area contributed by atoms with Crippen molar-refractivity contribution in [2.45, 2.75) is 38.5 Å². The zero-order valence-electron chi connectivity index (χ0n) is 10.6. The van der Waals surface area contributed by atoms with Gasteiger partial charge < -0.3 is 0 Å². The lowest BCUT2D eigenvalue weighted by Gasteiger charge is -2.22. The van der Waals surface area contributed by atoms with Gasteiger partial charge in [-0.2, -0.15) is 0 Å². The second-order valence-corrected chi connectivity index (χ2v) is 4.75. The van der Waals surface area contributed by atoms with Gasteiger partial charge in [-0.25, -0.2) is 8.78 Å². The number of benzene rings is 1. The van der Waals surface area contributed by atoms with Gasteiger partial charge in [-0.3, -0.25) is 0 Å². The molecular formula is C16H18F2. The molecule has 96 valence electrons. The molecule has 1 aliphatic rings. The summed E-state index contributed by atoms with van der Waals surface area (Å²) in [4.78, 5) is 0. The van der Waals surface area contributed by atoms with Gasteiger partial charge in [-0.05, 0) is 36.6 Å². The monoisotopic (exact) mass is 248 g/mol. The van der Waals surface area contributed by atoms with Crippen molar-refractivity contribution in [1.82, 2.24) is 0 Å². The summed E-state index contributed by atoms with van der Waals surface area (Å²) >= 11 is 0. The second-order valence-electron chi connectivity index (χ2n) is 4.75. The van der Waals surface area contributed by atoms with E-state index in [0.717, 1.165) is 24.8 Å². The predicted molar refractivity (Wildman–Crippen MR) is 70.6 cm³/mol. The van der Waals surface area contributed by atoms with E-state index in [1.807, 2.05) is 18.2 Å². The summed E-state index contributed by atoms with van der Waals surface area (Å²) in [7, 11) is 0. The van der Waals surface area contributed by atoms with Crippen LogP contribution in [0.5, 0.6) is 0 Å². The minimum atomic E-state index is -0.211. The SMILES string of the molecule is CCCC(C1=CC=C(F)CC1)c1ccc(F)cc1. The van der Waals surface area contributed by atoms with Crippen LogP contribution in [0.4, 0.5) is 8.78 Å². The molecule has 0 heterocycles. The Labute approximate surface area is 107 Å². The lowest BCUT2D eigenvalue weighted by Crippen LogP contribution is -2.05. The van der Waals surface area contributed by atoms with Gasteiger partial charge in [0.25, 0.3) is 0 Å². The third-order valence-corrected chi connectivity index (χ3v) is 3.43. The molecule has 0 saturated heterocycles. The predicted octanol–water partition coefficient (Wildman–Crippen LogP) is 5.28. The Morgan fingerprint density at radius 2 is 1.78 bits per heavy atom. The molecule has 0 aliphatic heterocycles. The highest BCUT2D eigenvalue weighted by molar-refractivity contribution is 5.33. The van der Waals surface area contributed by atoms with Gasteiger partial charge in [0.05, 0.1) is 0 Å². The summed E-state index contributed by atoms with van der Waals surface area (Å²) in [5, 5.41) is 0. The molecule has 2 heteroatoms. The van der Waals surface area contributed by atoms with Crippen molar-refractivity contribution in [3.63, 3.8) is 0 Å². The van der Waals surface area contributed by atoms with E-state index in [9.17, 15) is 8.78 Å². The number of hydrogen-bond donors (Lipinski definition) is 0. The fourth-order valence-electron chi connectivity index (χ4n) is 2.47. The highest BCUT2D eigenvalue weighted by Gasteiger charge is 2.18. The zero-order chi connectivity index (χ0) is 13.0. The standard InChI is InChI=1S/C16H18F2/c1-2-3-16(12-4-8-14(17)9-5-12)13-6-10-15(18)11-7-13/h4-6,8-10,16H,2-3,7,11H2,1H3. The second kappa shape index (κ2) is 5.94. The Balaban J connectivity index is 2.25. The van der Waals surface area contributed by atoms with E-state index in [1.54, 1.807) is 6.08 Å². The fourth-order valence-corrected chi connectivity index (χ4v) is 2.47. The molecule has 2 rings (SSSR count). The van der Waals surface area contributed by atoms with Crippen molar-refractivity contribution < 1.29 is 8.78 Å². The van der Waals surface area contributed by atoms with Crippen LogP contribution < -0.4 is 0 Å². The third kappa shape index (κ3) is 3.06. The summed E-state index contributed by atoms with van der Waals surface area (Å²) < 4.78 is 26.0. The van der Waals surface area contributed by atoms with E-state index < -0.39 is 0 Å². The highest BCUT2D eigenvalue weighted by atomic mass is 19.1. The maximum Gasteiger partial charge on any atom is 0.123 e. The number of allylic oxidation sites excluding steroid dienone is 4. The molecule has 0 nitrogen and oxygen atoms in total. The van der Waals surface area contributed by atoms with Crippen molar-refractivity contribution in [3.05, 3.63) is 59.2 Å². The van der Waals surface area contributed by atoms with Crippen LogP contribution in [0.1, 0.15) is 44.1 Å². The van der Waals surface area contributed by atoms with Crippen molar-refractivity contribution in [2.75, 3.05) is 0 Å². The van der Waals surface area contributed by atoms with E-state index in [-0.39, 0.29) is 11.6 Å². The van der Waals surface area contributed by atoms with Crippen molar-refractivity contribution in [3.8, 4) is 0 Å². The zero-order valence-corrected chi connectivity index (χ0v) is 10.6. The molecule has 0 radical (unpaired) electrons. The first-order valence-electron chi connectivity index (χ1n) is 6.51. The number of rotatable bonds is 4. The van der Waals surface area contributed by atoms with Crippen molar-refractivity contribution in [2.24, 2.45) is 0 Å². The smallest absolute Gasteiger partial charge is 0.123 e. The van der Waals surface area contributed by atoms with E-state index >= 15 is 0 Å². The van der Waals surface area contributed by atoms with Gasteiger partial charge in [0.1, 0.15) is 11.6 Å². The molecule has 18 heavy (non-hydrogen) atoms. The quantitative estimate of drug-likeness (QED) is 0.679. The summed E-state index contributed by atoms with van der Waals surface area (Å²) in [5.74, 6) is 0.0330. The maximum absolute atomic E-state index is 13.0. The Kier molecular flexibility index (Phi) is 4.29. The van der Waals surface area contributed by atoms with E-state index in [2.05, 4.69) is 6.92 Å². The third-order valence-electron chi connectivity index (χ3n) is 3.43. The van der Waals surface area contributed by atoms with Crippen LogP contribution in [0.2, 0.25) is 0 Å². The minimum Gasteiger partial charge on any atom is -0.212 e. The van der Waals surface area contributed by atoms with Crippen LogP contribution in [-0.2, 0) is 0 Å². The van der Waals surface area contributed by atoms with Crippen molar-refractivity contribution in [1.29, 1.82) is 0 Å². The van der Waals surface area contributed by atoms with Gasteiger partial charge in [0.2, 0.25) is 0 Å². The van der Waals surface area contributed by atoms with Gasteiger partial charge >= 0.3 is 0 Å². The molecule has 1 unspecified atom stereocenters. The first-order valence-corrected chi connectivity index (χ1v) is 6.51. The van der Waals surface area contributed by atoms with E-state index in [4.69, 9.17) is 0 Å².